The number of amides is 7. The Bertz CT molecular complexity index is 2310. The van der Waals surface area contributed by atoms with Gasteiger partial charge in [0.2, 0.25) is 41.4 Å². The standard InChI is InChI=1S/C46H66N10O15/c1-23(2)16-32(51-39(63)29(48)21-57)41(65)50-31(10-6-7-15-47)40(64)54-35(19-37(61)62)44(68)52-33(17-25-11-13-27(60)14-12-25)42(66)53-34(18-26-20-49-30-9-5-4-8-28(26)30)43(67)55-36(22-58)45(69)56-38(24(3)59)46(70)71/h4-5,8-9,11-14,20,23-24,29,31-36,38,49,57-60H,6-7,10,15-19,21-22,47-48H2,1-3H3,(H,50,65)(H,51,63)(H,52,68)(H,53,66)(H,54,64)(H,55,67)(H,56,69)(H,61,62)(H,70,71)/t24-,29+,31+,32+,33+,34+,35+,36+,38+/m1/s1. The first-order chi connectivity index (χ1) is 33.6. The maximum absolute atomic E-state index is 14.5. The Morgan fingerprint density at radius 2 is 1.14 bits per heavy atom. The molecule has 25 nitrogen and oxygen atoms in total. The summed E-state index contributed by atoms with van der Waals surface area (Å²) in [5, 5.41) is 76.0. The molecule has 0 saturated carbocycles. The minimum absolute atomic E-state index is 0.0556. The van der Waals surface area contributed by atoms with Crippen LogP contribution in [0.4, 0.5) is 0 Å². The molecule has 3 rings (SSSR count). The summed E-state index contributed by atoms with van der Waals surface area (Å²) in [4.78, 5) is 123. The average molecular weight is 999 g/mol. The number of nitrogens with two attached hydrogens (primary N) is 2. The van der Waals surface area contributed by atoms with Crippen LogP contribution in [-0.2, 0) is 56.0 Å². The highest BCUT2D eigenvalue weighted by Crippen LogP contribution is 2.20. The van der Waals surface area contributed by atoms with Gasteiger partial charge in [-0.05, 0) is 74.4 Å². The number of H-pyrrole nitrogens is 1. The van der Waals surface area contributed by atoms with Crippen LogP contribution in [0.2, 0.25) is 0 Å². The smallest absolute Gasteiger partial charge is 0.328 e. The van der Waals surface area contributed by atoms with Crippen molar-refractivity contribution in [2.24, 2.45) is 17.4 Å². The molecule has 0 aliphatic heterocycles. The third-order valence-corrected chi connectivity index (χ3v) is 11.1. The molecule has 0 radical (unpaired) electrons. The Morgan fingerprint density at radius 3 is 1.70 bits per heavy atom. The number of phenolic OH excluding ortho intramolecular Hbond substituents is 1. The van der Waals surface area contributed by atoms with E-state index < -0.39 is 127 Å². The second-order valence-electron chi connectivity index (χ2n) is 17.3. The number of carbonyl (C=O) groups excluding carboxylic acids is 7. The molecule has 3 aromatic rings. The highest BCUT2D eigenvalue weighted by Gasteiger charge is 2.36. The number of carboxylic acid groups (broad SMARTS) is 2. The molecule has 0 fully saturated rings. The van der Waals surface area contributed by atoms with Crippen molar-refractivity contribution >= 4 is 64.2 Å². The van der Waals surface area contributed by atoms with Crippen molar-refractivity contribution in [1.29, 1.82) is 0 Å². The van der Waals surface area contributed by atoms with E-state index in [9.17, 15) is 73.8 Å². The van der Waals surface area contributed by atoms with E-state index in [1.807, 2.05) is 5.32 Å². The van der Waals surface area contributed by atoms with Crippen molar-refractivity contribution in [3.8, 4) is 5.75 Å². The van der Waals surface area contributed by atoms with Crippen molar-refractivity contribution in [1.82, 2.24) is 42.2 Å². The average Bonchev–Trinajstić information content (AvgIpc) is 3.73. The minimum Gasteiger partial charge on any atom is -0.508 e. The van der Waals surface area contributed by atoms with Gasteiger partial charge in [0.05, 0.1) is 25.7 Å². The van der Waals surface area contributed by atoms with Gasteiger partial charge in [0.25, 0.3) is 0 Å². The first-order valence-electron chi connectivity index (χ1n) is 22.8. The predicted octanol–water partition coefficient (Wildman–Crippen LogP) is -3.52. The number of phenols is 1. The van der Waals surface area contributed by atoms with Crippen LogP contribution in [-0.4, -0.2) is 163 Å². The number of unbranched alkanes of at least 4 members (excludes halogenated alkanes) is 1. The lowest BCUT2D eigenvalue weighted by atomic mass is 10.0. The highest BCUT2D eigenvalue weighted by molar-refractivity contribution is 5.99. The van der Waals surface area contributed by atoms with Crippen LogP contribution in [0.1, 0.15) is 64.0 Å². The Kier molecular flexibility index (Phi) is 23.3. The maximum atomic E-state index is 14.5. The van der Waals surface area contributed by atoms with Gasteiger partial charge < -0.3 is 84.3 Å². The number of hydrogen-bond donors (Lipinski definition) is 16. The van der Waals surface area contributed by atoms with Crippen LogP contribution in [0, 0.1) is 5.92 Å². The maximum Gasteiger partial charge on any atom is 0.328 e. The number of aromatic amines is 1. The fraction of sp³-hybridized carbons (Fsp3) is 0.500. The molecular weight excluding hydrogens is 933 g/mol. The van der Waals surface area contributed by atoms with E-state index in [2.05, 4.69) is 36.9 Å². The van der Waals surface area contributed by atoms with Crippen molar-refractivity contribution < 1.29 is 73.8 Å². The SMILES string of the molecule is CC(C)C[C@H](NC(=O)[C@@H](N)CO)C(=O)N[C@@H](CCCCN)C(=O)N[C@@H](CC(=O)O)C(=O)N[C@@H](Cc1ccc(O)cc1)C(=O)N[C@@H](Cc1c[nH]c2ccccc12)C(=O)N[C@@H](CO)C(=O)N[C@H](C(=O)O)[C@@H](C)O. The van der Waals surface area contributed by atoms with Crippen LogP contribution in [0.5, 0.6) is 5.75 Å². The number of aliphatic carboxylic acids is 2. The van der Waals surface area contributed by atoms with E-state index >= 15 is 0 Å². The van der Waals surface area contributed by atoms with Gasteiger partial charge in [0.15, 0.2) is 6.04 Å². The Balaban J connectivity index is 2.00. The minimum atomic E-state index is -1.90. The summed E-state index contributed by atoms with van der Waals surface area (Å²) in [6.07, 6.45) is -0.999. The Labute approximate surface area is 408 Å². The largest absolute Gasteiger partial charge is 0.508 e. The molecule has 390 valence electrons. The normalized spacial score (nSPS) is 15.1. The molecule has 0 spiro atoms. The van der Waals surface area contributed by atoms with Crippen molar-refractivity contribution in [2.75, 3.05) is 19.8 Å². The van der Waals surface area contributed by atoms with E-state index in [0.29, 0.717) is 28.5 Å². The summed E-state index contributed by atoms with van der Waals surface area (Å²) in [6.45, 7) is 3.06. The van der Waals surface area contributed by atoms with E-state index in [4.69, 9.17) is 11.5 Å². The number of hydrogen-bond acceptors (Lipinski definition) is 15. The monoisotopic (exact) mass is 998 g/mol. The first-order valence-corrected chi connectivity index (χ1v) is 22.8. The molecule has 0 aliphatic carbocycles. The Morgan fingerprint density at radius 1 is 0.620 bits per heavy atom. The molecule has 0 saturated heterocycles. The Hall–Kier alpha value is -7.19. The van der Waals surface area contributed by atoms with Crippen LogP contribution < -0.4 is 48.7 Å². The number of para-hydroxylation sites is 1. The molecule has 1 heterocycles. The lowest BCUT2D eigenvalue weighted by Crippen LogP contribution is -2.61. The van der Waals surface area contributed by atoms with Crippen molar-refractivity contribution in [3.05, 3.63) is 65.9 Å². The molecule has 1 aromatic heterocycles. The van der Waals surface area contributed by atoms with E-state index in [0.717, 1.165) is 6.92 Å². The number of rotatable bonds is 30. The molecular formula is C46H66N10O15. The summed E-state index contributed by atoms with van der Waals surface area (Å²) < 4.78 is 0. The summed E-state index contributed by atoms with van der Waals surface area (Å²) in [7, 11) is 0. The second kappa shape index (κ2) is 28.5. The highest BCUT2D eigenvalue weighted by atomic mass is 16.4. The van der Waals surface area contributed by atoms with E-state index in [1.54, 1.807) is 44.3 Å². The van der Waals surface area contributed by atoms with E-state index in [1.165, 1.54) is 24.3 Å². The fourth-order valence-electron chi connectivity index (χ4n) is 7.21. The van der Waals surface area contributed by atoms with Gasteiger partial charge in [0.1, 0.15) is 48.0 Å². The molecule has 18 N–H and O–H groups in total. The number of aliphatic hydroxyl groups is 3. The number of aliphatic hydroxyl groups excluding tert-OH is 3. The molecule has 0 unspecified atom stereocenters. The molecule has 2 aromatic carbocycles. The summed E-state index contributed by atoms with van der Waals surface area (Å²) in [5.74, 6) is -10.7. The number of nitrogens with one attached hydrogen (secondary N) is 8. The number of fused-ring (bicyclic) bond motifs is 1. The first kappa shape index (κ1) is 58.1. The van der Waals surface area contributed by atoms with Crippen molar-refractivity contribution in [2.45, 2.75) is 120 Å². The third-order valence-electron chi connectivity index (χ3n) is 11.1. The zero-order valence-corrected chi connectivity index (χ0v) is 39.6. The molecule has 7 amide bonds. The van der Waals surface area contributed by atoms with Crippen LogP contribution >= 0.6 is 0 Å². The van der Waals surface area contributed by atoms with Crippen LogP contribution in [0.3, 0.4) is 0 Å². The second-order valence-corrected chi connectivity index (χ2v) is 17.3. The fourth-order valence-corrected chi connectivity index (χ4v) is 7.21. The number of carbonyl (C=O) groups is 9. The van der Waals surface area contributed by atoms with Crippen LogP contribution in [0.25, 0.3) is 10.9 Å². The molecule has 71 heavy (non-hydrogen) atoms. The number of aromatic hydroxyl groups is 1. The summed E-state index contributed by atoms with van der Waals surface area (Å²) >= 11 is 0. The van der Waals surface area contributed by atoms with Gasteiger partial charge in [-0.25, -0.2) is 4.79 Å². The number of benzene rings is 2. The third kappa shape index (κ3) is 18.6. The van der Waals surface area contributed by atoms with Crippen molar-refractivity contribution in [3.63, 3.8) is 0 Å². The van der Waals surface area contributed by atoms with Gasteiger partial charge >= 0.3 is 11.9 Å². The molecule has 9 atom stereocenters. The molecule has 25 heteroatoms. The lowest BCUT2D eigenvalue weighted by molar-refractivity contribution is -0.145. The van der Waals surface area contributed by atoms with Crippen LogP contribution in [0.15, 0.2) is 54.7 Å². The molecule has 0 aliphatic rings. The lowest BCUT2D eigenvalue weighted by Gasteiger charge is -2.28. The molecule has 0 bridgehead atoms. The number of aromatic nitrogens is 1. The summed E-state index contributed by atoms with van der Waals surface area (Å²) in [6, 6.07) is -0.459. The van der Waals surface area contributed by atoms with Gasteiger partial charge in [-0.1, -0.05) is 44.2 Å². The van der Waals surface area contributed by atoms with E-state index in [-0.39, 0.29) is 50.3 Å². The predicted molar refractivity (Wildman–Crippen MR) is 253 cm³/mol. The van der Waals surface area contributed by atoms with Gasteiger partial charge in [-0.3, -0.25) is 38.4 Å². The topological polar surface area (TPSA) is 427 Å². The zero-order chi connectivity index (χ0) is 52.9. The van der Waals surface area contributed by atoms with Gasteiger partial charge in [-0.2, -0.15) is 0 Å². The van der Waals surface area contributed by atoms with Gasteiger partial charge in [0, 0.05) is 29.9 Å². The summed E-state index contributed by atoms with van der Waals surface area (Å²) in [5.41, 5.74) is 12.8. The number of carboxylic acids is 2. The quantitative estimate of drug-likeness (QED) is 0.0288. The van der Waals surface area contributed by atoms with Gasteiger partial charge in [-0.15, -0.1) is 0 Å². The zero-order valence-electron chi connectivity index (χ0n) is 39.6.